The molecule has 0 aliphatic rings. The summed E-state index contributed by atoms with van der Waals surface area (Å²) in [6, 6.07) is 27.8. The minimum atomic E-state index is -0.104. The van der Waals surface area contributed by atoms with Crippen LogP contribution in [0.1, 0.15) is 16.8 Å². The van der Waals surface area contributed by atoms with Crippen molar-refractivity contribution in [2.75, 3.05) is 0 Å². The summed E-state index contributed by atoms with van der Waals surface area (Å²) in [4.78, 5) is 17.5. The molecule has 0 spiro atoms. The van der Waals surface area contributed by atoms with Gasteiger partial charge in [-0.15, -0.1) is 0 Å². The first-order valence-electron chi connectivity index (χ1n) is 8.52. The van der Waals surface area contributed by atoms with E-state index in [-0.39, 0.29) is 5.56 Å². The summed E-state index contributed by atoms with van der Waals surface area (Å²) in [5.74, 6) is 0. The van der Waals surface area contributed by atoms with Crippen molar-refractivity contribution in [1.29, 1.82) is 0 Å². The molecule has 4 rings (SSSR count). The average Bonchev–Trinajstić information content (AvgIpc) is 2.71. The molecule has 3 aromatic carbocycles. The molecule has 0 unspecified atom stereocenters. The zero-order valence-electron chi connectivity index (χ0n) is 14.5. The number of aromatic nitrogens is 2. The lowest BCUT2D eigenvalue weighted by Crippen LogP contribution is -2.21. The van der Waals surface area contributed by atoms with Gasteiger partial charge in [-0.3, -0.25) is 4.79 Å². The molecule has 0 saturated heterocycles. The van der Waals surface area contributed by atoms with Gasteiger partial charge < -0.3 is 4.57 Å². The monoisotopic (exact) mass is 338 g/mol. The van der Waals surface area contributed by atoms with Gasteiger partial charge in [-0.2, -0.15) is 0 Å². The third-order valence-electron chi connectivity index (χ3n) is 4.46. The predicted octanol–water partition coefficient (Wildman–Crippen LogP) is 4.52. The van der Waals surface area contributed by atoms with Gasteiger partial charge in [-0.1, -0.05) is 72.8 Å². The standard InChI is InChI=1S/C23H18N2O/c1-25-22-15-9-8-14-20(22)24-21(23(25)26)16-19(17-10-4-2-5-11-17)18-12-6-3-7-13-18/h2-16H,1H3. The fourth-order valence-electron chi connectivity index (χ4n) is 3.10. The van der Waals surface area contributed by atoms with E-state index in [1.165, 1.54) is 0 Å². The fourth-order valence-corrected chi connectivity index (χ4v) is 3.10. The van der Waals surface area contributed by atoms with Gasteiger partial charge in [0.1, 0.15) is 5.69 Å². The average molecular weight is 338 g/mol. The first kappa shape index (κ1) is 16.0. The molecule has 0 saturated carbocycles. The molecule has 3 nitrogen and oxygen atoms in total. The number of aryl methyl sites for hydroxylation is 1. The van der Waals surface area contributed by atoms with E-state index in [0.29, 0.717) is 5.69 Å². The molecule has 0 aliphatic carbocycles. The molecule has 0 radical (unpaired) electrons. The second-order valence-corrected chi connectivity index (χ2v) is 6.14. The molecular weight excluding hydrogens is 320 g/mol. The predicted molar refractivity (Wildman–Crippen MR) is 107 cm³/mol. The first-order chi connectivity index (χ1) is 12.7. The van der Waals surface area contributed by atoms with Crippen molar-refractivity contribution in [2.45, 2.75) is 0 Å². The van der Waals surface area contributed by atoms with Gasteiger partial charge in [0.15, 0.2) is 0 Å². The maximum absolute atomic E-state index is 12.8. The minimum Gasteiger partial charge on any atom is -0.308 e. The molecule has 4 aromatic rings. The summed E-state index contributed by atoms with van der Waals surface area (Å²) in [5, 5.41) is 0. The molecule has 0 N–H and O–H groups in total. The Kier molecular flexibility index (Phi) is 4.20. The number of rotatable bonds is 3. The molecular formula is C23H18N2O. The van der Waals surface area contributed by atoms with Crippen LogP contribution in [0.4, 0.5) is 0 Å². The Morgan fingerprint density at radius 3 is 1.96 bits per heavy atom. The molecule has 0 amide bonds. The highest BCUT2D eigenvalue weighted by Crippen LogP contribution is 2.25. The highest BCUT2D eigenvalue weighted by molar-refractivity contribution is 5.91. The zero-order chi connectivity index (χ0) is 17.9. The largest absolute Gasteiger partial charge is 0.308 e. The molecule has 26 heavy (non-hydrogen) atoms. The van der Waals surface area contributed by atoms with E-state index in [0.717, 1.165) is 27.7 Å². The van der Waals surface area contributed by atoms with E-state index in [1.807, 2.05) is 91.0 Å². The van der Waals surface area contributed by atoms with E-state index in [4.69, 9.17) is 0 Å². The number of nitrogens with zero attached hydrogens (tertiary/aromatic N) is 2. The van der Waals surface area contributed by atoms with Crippen LogP contribution in [0.5, 0.6) is 0 Å². The second kappa shape index (κ2) is 6.81. The van der Waals surface area contributed by atoms with Crippen molar-refractivity contribution in [2.24, 2.45) is 7.05 Å². The van der Waals surface area contributed by atoms with Gasteiger partial charge in [0.05, 0.1) is 11.0 Å². The van der Waals surface area contributed by atoms with Gasteiger partial charge in [-0.05, 0) is 34.9 Å². The Bertz CT molecular complexity index is 1100. The molecule has 1 aromatic heterocycles. The van der Waals surface area contributed by atoms with E-state index < -0.39 is 0 Å². The van der Waals surface area contributed by atoms with Crippen LogP contribution in [0.25, 0.3) is 22.7 Å². The highest BCUT2D eigenvalue weighted by atomic mass is 16.1. The van der Waals surface area contributed by atoms with Crippen molar-refractivity contribution in [3.8, 4) is 0 Å². The van der Waals surface area contributed by atoms with E-state index in [2.05, 4.69) is 4.98 Å². The number of fused-ring (bicyclic) bond motifs is 1. The molecule has 0 fully saturated rings. The summed E-state index contributed by atoms with van der Waals surface area (Å²) in [6.07, 6.45) is 1.89. The Labute approximate surface area is 151 Å². The van der Waals surface area contributed by atoms with Gasteiger partial charge >= 0.3 is 0 Å². The maximum atomic E-state index is 12.8. The zero-order valence-corrected chi connectivity index (χ0v) is 14.5. The van der Waals surface area contributed by atoms with Gasteiger partial charge in [0.25, 0.3) is 5.56 Å². The summed E-state index contributed by atoms with van der Waals surface area (Å²) in [5.41, 5.74) is 5.05. The smallest absolute Gasteiger partial charge is 0.276 e. The third-order valence-corrected chi connectivity index (χ3v) is 4.46. The number of hydrogen-bond donors (Lipinski definition) is 0. The van der Waals surface area contributed by atoms with Crippen LogP contribution in [0.2, 0.25) is 0 Å². The van der Waals surface area contributed by atoms with Crippen LogP contribution >= 0.6 is 0 Å². The van der Waals surface area contributed by atoms with Crippen molar-refractivity contribution in [3.05, 3.63) is 112 Å². The van der Waals surface area contributed by atoms with Gasteiger partial charge in [-0.25, -0.2) is 4.98 Å². The second-order valence-electron chi connectivity index (χ2n) is 6.14. The van der Waals surface area contributed by atoms with Gasteiger partial charge in [0.2, 0.25) is 0 Å². The van der Waals surface area contributed by atoms with E-state index in [9.17, 15) is 4.79 Å². The highest BCUT2D eigenvalue weighted by Gasteiger charge is 2.10. The number of benzene rings is 3. The maximum Gasteiger partial charge on any atom is 0.276 e. The minimum absolute atomic E-state index is 0.104. The molecule has 0 aliphatic heterocycles. The van der Waals surface area contributed by atoms with Crippen molar-refractivity contribution < 1.29 is 0 Å². The topological polar surface area (TPSA) is 34.9 Å². The quantitative estimate of drug-likeness (QED) is 0.550. The van der Waals surface area contributed by atoms with Crippen LogP contribution in [-0.4, -0.2) is 9.55 Å². The number of para-hydroxylation sites is 2. The van der Waals surface area contributed by atoms with Crippen LogP contribution in [0.3, 0.4) is 0 Å². The normalized spacial score (nSPS) is 10.7. The summed E-state index contributed by atoms with van der Waals surface area (Å²) >= 11 is 0. The Morgan fingerprint density at radius 1 is 0.808 bits per heavy atom. The fraction of sp³-hybridized carbons (Fsp3) is 0.0435. The van der Waals surface area contributed by atoms with Gasteiger partial charge in [0, 0.05) is 7.05 Å². The lowest BCUT2D eigenvalue weighted by atomic mass is 9.97. The Balaban J connectivity index is 1.98. The number of hydrogen-bond acceptors (Lipinski definition) is 2. The Morgan fingerprint density at radius 2 is 1.35 bits per heavy atom. The molecule has 0 bridgehead atoms. The van der Waals surface area contributed by atoms with Crippen LogP contribution < -0.4 is 5.56 Å². The van der Waals surface area contributed by atoms with Crippen molar-refractivity contribution >= 4 is 22.7 Å². The first-order valence-corrected chi connectivity index (χ1v) is 8.52. The van der Waals surface area contributed by atoms with Crippen molar-refractivity contribution in [1.82, 2.24) is 9.55 Å². The SMILES string of the molecule is Cn1c(=O)c(C=C(c2ccccc2)c2ccccc2)nc2ccccc21. The summed E-state index contributed by atoms with van der Waals surface area (Å²) in [7, 11) is 1.79. The van der Waals surface area contributed by atoms with E-state index >= 15 is 0 Å². The lowest BCUT2D eigenvalue weighted by Gasteiger charge is -2.10. The van der Waals surface area contributed by atoms with Crippen LogP contribution in [-0.2, 0) is 7.05 Å². The van der Waals surface area contributed by atoms with Crippen molar-refractivity contribution in [3.63, 3.8) is 0 Å². The molecule has 0 atom stereocenters. The molecule has 126 valence electrons. The lowest BCUT2D eigenvalue weighted by molar-refractivity contribution is 0.886. The van der Waals surface area contributed by atoms with Crippen LogP contribution in [0, 0.1) is 0 Å². The molecule has 1 heterocycles. The Hall–Kier alpha value is -3.46. The molecule has 3 heteroatoms. The van der Waals surface area contributed by atoms with Crippen LogP contribution in [0.15, 0.2) is 89.7 Å². The third kappa shape index (κ3) is 2.95. The summed E-state index contributed by atoms with van der Waals surface area (Å²) < 4.78 is 1.65. The summed E-state index contributed by atoms with van der Waals surface area (Å²) in [6.45, 7) is 0. The van der Waals surface area contributed by atoms with E-state index in [1.54, 1.807) is 11.6 Å².